The zero-order chi connectivity index (χ0) is 25.9. The number of hydrogen-bond acceptors (Lipinski definition) is 1. The first-order valence-electron chi connectivity index (χ1n) is 12.5. The zero-order valence-electron chi connectivity index (χ0n) is 22.5. The van der Waals surface area contributed by atoms with Crippen molar-refractivity contribution < 1.29 is 14.5 Å². The molecule has 2 heterocycles. The number of fused-ring (bicyclic) bond motifs is 3. The van der Waals surface area contributed by atoms with Crippen molar-refractivity contribution in [2.45, 2.75) is 27.6 Å². The minimum Gasteiger partial charge on any atom is -0.466 e. The van der Waals surface area contributed by atoms with Crippen LogP contribution < -0.4 is 4.57 Å². The van der Waals surface area contributed by atoms with Crippen LogP contribution in [0.25, 0.3) is 49.2 Å². The van der Waals surface area contributed by atoms with Crippen LogP contribution in [-0.2, 0) is 7.05 Å². The largest absolute Gasteiger partial charge is 0.466 e. The van der Waals surface area contributed by atoms with Gasteiger partial charge in [0.1, 0.15) is 18.2 Å². The summed E-state index contributed by atoms with van der Waals surface area (Å²) < 4.78 is 41.2. The summed E-state index contributed by atoms with van der Waals surface area (Å²) in [5.41, 5.74) is 6.72. The molecular formula is C29H25N2O+. The minimum atomic E-state index is -2.32. The number of pyridine rings is 1. The van der Waals surface area contributed by atoms with Gasteiger partial charge in [-0.2, -0.15) is 4.57 Å². The van der Waals surface area contributed by atoms with Gasteiger partial charge in [0, 0.05) is 33.4 Å². The lowest BCUT2D eigenvalue weighted by Gasteiger charge is -2.10. The van der Waals surface area contributed by atoms with Gasteiger partial charge in [0.25, 0.3) is 0 Å². The van der Waals surface area contributed by atoms with E-state index in [1.54, 1.807) is 25.5 Å². The third-order valence-corrected chi connectivity index (χ3v) is 6.31. The van der Waals surface area contributed by atoms with E-state index in [0.717, 1.165) is 33.0 Å². The molecule has 0 radical (unpaired) electrons. The van der Waals surface area contributed by atoms with E-state index in [-0.39, 0.29) is 11.6 Å². The fourth-order valence-corrected chi connectivity index (χ4v) is 4.40. The van der Waals surface area contributed by atoms with Crippen molar-refractivity contribution in [1.82, 2.24) is 0 Å². The molecule has 156 valence electrons. The van der Waals surface area contributed by atoms with Gasteiger partial charge in [-0.05, 0) is 43.0 Å². The Morgan fingerprint density at radius 1 is 0.938 bits per heavy atom. The SMILES string of the molecule is [2H]c1c(C)c(C([2H])([2H])[2H])c(C)[n+](C)c1-c1c(C)ccc2c1oc1c([N+]#[C-])c(-c3ccccc3)ccc12. The molecule has 3 heteroatoms. The fourth-order valence-electron chi connectivity index (χ4n) is 4.40. The van der Waals surface area contributed by atoms with E-state index < -0.39 is 6.85 Å². The van der Waals surface area contributed by atoms with Crippen molar-refractivity contribution in [3.63, 3.8) is 0 Å². The van der Waals surface area contributed by atoms with Crippen LogP contribution in [0.15, 0.2) is 65.1 Å². The first-order chi connectivity index (χ1) is 17.1. The standard InChI is InChI=1S/C29H25N2O/c1-17-12-13-23-24-15-14-22(21-10-8-7-9-11-21)27(30-5)29(24)32-28(23)26(17)25-16-18(2)19(3)20(4)31(25)6/h7-16H,1-4,6H3/q+1/i3D3,16D. The molecule has 0 fully saturated rings. The van der Waals surface area contributed by atoms with Gasteiger partial charge >= 0.3 is 0 Å². The third-order valence-electron chi connectivity index (χ3n) is 6.31. The average molecular weight is 422 g/mol. The number of rotatable bonds is 2. The fraction of sp³-hybridized carbons (Fsp3) is 0.172. The lowest BCUT2D eigenvalue weighted by Crippen LogP contribution is -2.36. The molecule has 0 bridgehead atoms. The van der Waals surface area contributed by atoms with Crippen molar-refractivity contribution in [2.24, 2.45) is 7.05 Å². The van der Waals surface area contributed by atoms with Gasteiger partial charge < -0.3 is 4.42 Å². The molecule has 0 aliphatic rings. The quantitative estimate of drug-likeness (QED) is 0.213. The molecule has 3 aromatic carbocycles. The van der Waals surface area contributed by atoms with Gasteiger partial charge in [-0.3, -0.25) is 0 Å². The molecule has 5 aromatic rings. The van der Waals surface area contributed by atoms with E-state index in [2.05, 4.69) is 4.85 Å². The number of nitrogens with zero attached hydrogens (tertiary/aromatic N) is 2. The minimum absolute atomic E-state index is 0.153. The molecule has 0 spiro atoms. The number of benzene rings is 3. The molecule has 0 unspecified atom stereocenters. The van der Waals surface area contributed by atoms with Crippen molar-refractivity contribution in [3.05, 3.63) is 94.4 Å². The van der Waals surface area contributed by atoms with Crippen molar-refractivity contribution in [1.29, 1.82) is 0 Å². The Balaban J connectivity index is 1.89. The predicted molar refractivity (Wildman–Crippen MR) is 131 cm³/mol. The molecule has 0 atom stereocenters. The van der Waals surface area contributed by atoms with Gasteiger partial charge in [0.2, 0.25) is 11.4 Å². The van der Waals surface area contributed by atoms with Crippen LogP contribution in [0.1, 0.15) is 27.9 Å². The first-order valence-corrected chi connectivity index (χ1v) is 10.5. The molecule has 0 N–H and O–H groups in total. The Morgan fingerprint density at radius 3 is 2.38 bits per heavy atom. The number of hydrogen-bond donors (Lipinski definition) is 0. The normalized spacial score (nSPS) is 13.5. The molecule has 0 aliphatic carbocycles. The summed E-state index contributed by atoms with van der Waals surface area (Å²) in [5.74, 6) is 0. The lowest BCUT2D eigenvalue weighted by atomic mass is 9.97. The van der Waals surface area contributed by atoms with Crippen molar-refractivity contribution >= 4 is 27.6 Å². The van der Waals surface area contributed by atoms with E-state index in [9.17, 15) is 0 Å². The molecular weight excluding hydrogens is 392 g/mol. The number of aromatic nitrogens is 1. The van der Waals surface area contributed by atoms with Crippen LogP contribution in [0.5, 0.6) is 0 Å². The van der Waals surface area contributed by atoms with Crippen LogP contribution in [0, 0.1) is 34.2 Å². The molecule has 0 aliphatic heterocycles. The Bertz CT molecular complexity index is 1700. The van der Waals surface area contributed by atoms with Gasteiger partial charge in [-0.15, -0.1) is 0 Å². The second kappa shape index (κ2) is 7.35. The van der Waals surface area contributed by atoms with E-state index in [0.29, 0.717) is 33.8 Å². The van der Waals surface area contributed by atoms with Crippen LogP contribution in [0.4, 0.5) is 5.69 Å². The van der Waals surface area contributed by atoms with E-state index in [1.165, 1.54) is 0 Å². The summed E-state index contributed by atoms with van der Waals surface area (Å²) >= 11 is 0. The lowest BCUT2D eigenvalue weighted by molar-refractivity contribution is -0.667. The summed E-state index contributed by atoms with van der Waals surface area (Å²) in [6, 6.07) is 17.8. The Kier molecular flexibility index (Phi) is 3.64. The summed E-state index contributed by atoms with van der Waals surface area (Å²) in [6.45, 7) is 11.0. The van der Waals surface area contributed by atoms with Crippen molar-refractivity contribution in [2.75, 3.05) is 0 Å². The maximum Gasteiger partial charge on any atom is 0.237 e. The third kappa shape index (κ3) is 2.84. The van der Waals surface area contributed by atoms with Gasteiger partial charge in [0.05, 0.1) is 13.5 Å². The molecule has 0 saturated carbocycles. The topological polar surface area (TPSA) is 21.4 Å². The molecule has 2 aromatic heterocycles. The monoisotopic (exact) mass is 421 g/mol. The van der Waals surface area contributed by atoms with Crippen LogP contribution in [0.3, 0.4) is 0 Å². The predicted octanol–water partition coefficient (Wildman–Crippen LogP) is 7.53. The highest BCUT2D eigenvalue weighted by Gasteiger charge is 2.24. The Labute approximate surface area is 194 Å². The van der Waals surface area contributed by atoms with E-state index in [4.69, 9.17) is 16.5 Å². The second-order valence-electron chi connectivity index (χ2n) is 8.17. The summed E-state index contributed by atoms with van der Waals surface area (Å²) in [7, 11) is 1.79. The van der Waals surface area contributed by atoms with Gasteiger partial charge in [-0.1, -0.05) is 54.6 Å². The highest BCUT2D eigenvalue weighted by molar-refractivity contribution is 6.14. The average Bonchev–Trinajstić information content (AvgIpc) is 3.22. The highest BCUT2D eigenvalue weighted by Crippen LogP contribution is 2.44. The van der Waals surface area contributed by atoms with E-state index in [1.807, 2.05) is 61.5 Å². The Hall–Kier alpha value is -3.90. The molecule has 3 nitrogen and oxygen atoms in total. The van der Waals surface area contributed by atoms with Gasteiger partial charge in [-0.25, -0.2) is 4.85 Å². The molecule has 5 rings (SSSR count). The highest BCUT2D eigenvalue weighted by atomic mass is 16.3. The van der Waals surface area contributed by atoms with Crippen molar-refractivity contribution in [3.8, 4) is 22.4 Å². The molecule has 0 saturated heterocycles. The summed E-state index contributed by atoms with van der Waals surface area (Å²) in [4.78, 5) is 3.85. The molecule has 0 amide bonds. The number of furan rings is 1. The smallest absolute Gasteiger partial charge is 0.237 e. The first kappa shape index (κ1) is 15.8. The number of aryl methyl sites for hydroxylation is 1. The molecule has 32 heavy (non-hydrogen) atoms. The Morgan fingerprint density at radius 2 is 1.66 bits per heavy atom. The summed E-state index contributed by atoms with van der Waals surface area (Å²) in [6.07, 6.45) is 0. The second-order valence-corrected chi connectivity index (χ2v) is 8.17. The van der Waals surface area contributed by atoms with Gasteiger partial charge in [0.15, 0.2) is 5.69 Å². The van der Waals surface area contributed by atoms with E-state index >= 15 is 0 Å². The van der Waals surface area contributed by atoms with Crippen LogP contribution >= 0.6 is 0 Å². The maximum absolute atomic E-state index is 8.96. The zero-order valence-corrected chi connectivity index (χ0v) is 18.5. The van der Waals surface area contributed by atoms with Crippen LogP contribution in [-0.4, -0.2) is 0 Å². The van der Waals surface area contributed by atoms with Crippen LogP contribution in [0.2, 0.25) is 0 Å². The maximum atomic E-state index is 8.96. The summed E-state index contributed by atoms with van der Waals surface area (Å²) in [5, 5.41) is 1.68.